The summed E-state index contributed by atoms with van der Waals surface area (Å²) in [5.74, 6) is 0.229. The van der Waals surface area contributed by atoms with Gasteiger partial charge in [0, 0.05) is 36.0 Å². The van der Waals surface area contributed by atoms with Crippen molar-refractivity contribution in [3.63, 3.8) is 0 Å². The maximum atomic E-state index is 13.1. The van der Waals surface area contributed by atoms with Gasteiger partial charge < -0.3 is 20.4 Å². The van der Waals surface area contributed by atoms with Crippen molar-refractivity contribution in [3.05, 3.63) is 95.7 Å². The zero-order chi connectivity index (χ0) is 25.8. The van der Waals surface area contributed by atoms with Crippen molar-refractivity contribution >= 4 is 22.9 Å². The van der Waals surface area contributed by atoms with Crippen LogP contribution < -0.4 is 10.6 Å². The molecule has 190 valence electrons. The van der Waals surface area contributed by atoms with Crippen LogP contribution >= 0.6 is 0 Å². The highest BCUT2D eigenvalue weighted by atomic mass is 16.5. The van der Waals surface area contributed by atoms with Crippen molar-refractivity contribution in [3.8, 4) is 11.1 Å². The van der Waals surface area contributed by atoms with Crippen molar-refractivity contribution in [2.75, 3.05) is 13.2 Å². The molecular weight excluding hydrogens is 462 g/mol. The quantitative estimate of drug-likeness (QED) is 0.275. The van der Waals surface area contributed by atoms with Crippen LogP contribution in [0.1, 0.15) is 42.9 Å². The first-order chi connectivity index (χ1) is 18.0. The van der Waals surface area contributed by atoms with Crippen LogP contribution in [0.4, 0.5) is 4.79 Å². The van der Waals surface area contributed by atoms with Crippen LogP contribution in [0.2, 0.25) is 0 Å². The van der Waals surface area contributed by atoms with Crippen molar-refractivity contribution in [2.45, 2.75) is 38.6 Å². The maximum Gasteiger partial charge on any atom is 0.407 e. The van der Waals surface area contributed by atoms with Gasteiger partial charge in [0.25, 0.3) is 0 Å². The molecule has 1 atom stereocenters. The van der Waals surface area contributed by atoms with Crippen molar-refractivity contribution in [1.82, 2.24) is 15.6 Å². The Kier molecular flexibility index (Phi) is 7.26. The smallest absolute Gasteiger partial charge is 0.407 e. The molecule has 3 N–H and O–H groups in total. The van der Waals surface area contributed by atoms with Gasteiger partial charge in [-0.05, 0) is 46.2 Å². The monoisotopic (exact) mass is 495 g/mol. The SMILES string of the molecule is CC(C)CCNC(=O)[C@H](Cc1c[nH]c2ccccc12)NC(=O)OCC1c2ccccc2-c2ccccc21. The molecule has 0 radical (unpaired) electrons. The second-order valence-corrected chi connectivity index (χ2v) is 10.1. The fraction of sp³-hybridized carbons (Fsp3) is 0.290. The number of hydrogen-bond acceptors (Lipinski definition) is 3. The number of carbonyl (C=O) groups is 2. The molecule has 37 heavy (non-hydrogen) atoms. The topological polar surface area (TPSA) is 83.2 Å². The number of para-hydroxylation sites is 1. The molecule has 6 heteroatoms. The molecule has 0 saturated heterocycles. The third-order valence-electron chi connectivity index (χ3n) is 7.07. The summed E-state index contributed by atoms with van der Waals surface area (Å²) >= 11 is 0. The fourth-order valence-corrected chi connectivity index (χ4v) is 5.12. The van der Waals surface area contributed by atoms with Crippen LogP contribution in [-0.2, 0) is 16.0 Å². The summed E-state index contributed by atoms with van der Waals surface area (Å²) in [5.41, 5.74) is 6.62. The predicted octanol–water partition coefficient (Wildman–Crippen LogP) is 5.78. The van der Waals surface area contributed by atoms with E-state index in [0.29, 0.717) is 18.9 Å². The number of aromatic nitrogens is 1. The van der Waals surface area contributed by atoms with Gasteiger partial charge in [0.15, 0.2) is 0 Å². The molecule has 0 saturated carbocycles. The lowest BCUT2D eigenvalue weighted by molar-refractivity contribution is -0.123. The predicted molar refractivity (Wildman–Crippen MR) is 146 cm³/mol. The molecule has 5 rings (SSSR count). The summed E-state index contributed by atoms with van der Waals surface area (Å²) in [6.45, 7) is 5.00. The maximum absolute atomic E-state index is 13.1. The molecule has 1 heterocycles. The average molecular weight is 496 g/mol. The molecule has 1 aromatic heterocycles. The van der Waals surface area contributed by atoms with Crippen LogP contribution in [0.5, 0.6) is 0 Å². The minimum absolute atomic E-state index is 0.0370. The molecule has 0 bridgehead atoms. The van der Waals surface area contributed by atoms with E-state index < -0.39 is 12.1 Å². The van der Waals surface area contributed by atoms with E-state index in [1.807, 2.05) is 54.7 Å². The normalized spacial score (nSPS) is 13.3. The van der Waals surface area contributed by atoms with Gasteiger partial charge in [0.2, 0.25) is 5.91 Å². The lowest BCUT2D eigenvalue weighted by atomic mass is 9.98. The minimum Gasteiger partial charge on any atom is -0.449 e. The van der Waals surface area contributed by atoms with Crippen molar-refractivity contribution < 1.29 is 14.3 Å². The van der Waals surface area contributed by atoms with E-state index in [2.05, 4.69) is 53.7 Å². The van der Waals surface area contributed by atoms with Gasteiger partial charge in [0.1, 0.15) is 12.6 Å². The fourth-order valence-electron chi connectivity index (χ4n) is 5.12. The lowest BCUT2D eigenvalue weighted by Crippen LogP contribution is -2.48. The summed E-state index contributed by atoms with van der Waals surface area (Å²) in [4.78, 5) is 29.4. The van der Waals surface area contributed by atoms with Crippen molar-refractivity contribution in [2.24, 2.45) is 5.92 Å². The first kappa shape index (κ1) is 24.6. The number of H-pyrrole nitrogens is 1. The number of aromatic amines is 1. The van der Waals surface area contributed by atoms with Crippen LogP contribution in [0.3, 0.4) is 0 Å². The molecule has 3 aromatic carbocycles. The van der Waals surface area contributed by atoms with Crippen molar-refractivity contribution in [1.29, 1.82) is 0 Å². The first-order valence-electron chi connectivity index (χ1n) is 13.0. The summed E-state index contributed by atoms with van der Waals surface area (Å²) in [6.07, 6.45) is 2.54. The number of benzene rings is 3. The van der Waals surface area contributed by atoms with Crippen LogP contribution in [0, 0.1) is 5.92 Å². The molecule has 1 aliphatic carbocycles. The Labute approximate surface area is 217 Å². The van der Waals surface area contributed by atoms with Gasteiger partial charge >= 0.3 is 6.09 Å². The number of alkyl carbamates (subject to hydrolysis) is 1. The number of hydrogen-bond donors (Lipinski definition) is 3. The molecule has 0 unspecified atom stereocenters. The van der Waals surface area contributed by atoms with E-state index in [4.69, 9.17) is 4.74 Å². The molecule has 6 nitrogen and oxygen atoms in total. The van der Waals surface area contributed by atoms with E-state index >= 15 is 0 Å². The number of amides is 2. The second kappa shape index (κ2) is 10.9. The van der Waals surface area contributed by atoms with Gasteiger partial charge in [-0.15, -0.1) is 0 Å². The van der Waals surface area contributed by atoms with E-state index in [1.165, 1.54) is 11.1 Å². The van der Waals surface area contributed by atoms with Gasteiger partial charge in [0.05, 0.1) is 0 Å². The summed E-state index contributed by atoms with van der Waals surface area (Å²) < 4.78 is 5.73. The van der Waals surface area contributed by atoms with Gasteiger partial charge in [-0.25, -0.2) is 4.79 Å². The van der Waals surface area contributed by atoms with Gasteiger partial charge in [-0.2, -0.15) is 0 Å². The molecule has 4 aromatic rings. The number of carbonyl (C=O) groups excluding carboxylic acids is 2. The summed E-state index contributed by atoms with van der Waals surface area (Å²) in [5, 5.41) is 6.87. The Morgan fingerprint density at radius 2 is 1.57 bits per heavy atom. The van der Waals surface area contributed by atoms with Crippen LogP contribution in [0.25, 0.3) is 22.0 Å². The Hall–Kier alpha value is -4.06. The zero-order valence-corrected chi connectivity index (χ0v) is 21.3. The highest BCUT2D eigenvalue weighted by Gasteiger charge is 2.30. The average Bonchev–Trinajstić information content (AvgIpc) is 3.46. The number of fused-ring (bicyclic) bond motifs is 4. The Morgan fingerprint density at radius 3 is 2.27 bits per heavy atom. The van der Waals surface area contributed by atoms with E-state index in [0.717, 1.165) is 34.0 Å². The zero-order valence-electron chi connectivity index (χ0n) is 21.3. The molecule has 0 spiro atoms. The minimum atomic E-state index is -0.748. The van der Waals surface area contributed by atoms with E-state index in [9.17, 15) is 9.59 Å². The molecule has 0 aliphatic heterocycles. The first-order valence-corrected chi connectivity index (χ1v) is 13.0. The Balaban J connectivity index is 1.29. The molecule has 2 amide bonds. The number of ether oxygens (including phenoxy) is 1. The van der Waals surface area contributed by atoms with Gasteiger partial charge in [-0.1, -0.05) is 80.6 Å². The van der Waals surface area contributed by atoms with E-state index in [-0.39, 0.29) is 18.4 Å². The summed E-state index contributed by atoms with van der Waals surface area (Å²) in [6, 6.07) is 23.7. The lowest BCUT2D eigenvalue weighted by Gasteiger charge is -2.20. The largest absolute Gasteiger partial charge is 0.449 e. The number of rotatable bonds is 9. The van der Waals surface area contributed by atoms with Gasteiger partial charge in [-0.3, -0.25) is 4.79 Å². The highest BCUT2D eigenvalue weighted by molar-refractivity contribution is 5.88. The standard InChI is InChI=1S/C31H33N3O3/c1-20(2)15-16-32-30(35)29(17-21-18-33-28-14-8-7-9-22(21)28)34-31(36)37-19-27-25-12-5-3-10-23(25)24-11-4-6-13-26(24)27/h3-14,18,20,27,29,33H,15-17,19H2,1-2H3,(H,32,35)(H,34,36)/t29-/m0/s1. The molecule has 1 aliphatic rings. The van der Waals surface area contributed by atoms with Crippen LogP contribution in [-0.4, -0.2) is 36.2 Å². The third kappa shape index (κ3) is 5.38. The number of nitrogens with one attached hydrogen (secondary N) is 3. The highest BCUT2D eigenvalue weighted by Crippen LogP contribution is 2.44. The van der Waals surface area contributed by atoms with Crippen LogP contribution in [0.15, 0.2) is 79.0 Å². The Bertz CT molecular complexity index is 1360. The third-order valence-corrected chi connectivity index (χ3v) is 7.07. The Morgan fingerprint density at radius 1 is 0.919 bits per heavy atom. The summed E-state index contributed by atoms with van der Waals surface area (Å²) in [7, 11) is 0. The second-order valence-electron chi connectivity index (χ2n) is 10.1. The molecular formula is C31H33N3O3. The molecule has 0 fully saturated rings. The van der Waals surface area contributed by atoms with E-state index in [1.54, 1.807) is 0 Å².